The molecule has 3 fully saturated rings. The van der Waals surface area contributed by atoms with Gasteiger partial charge in [0.25, 0.3) is 0 Å². The molecule has 0 aromatic carbocycles. The topological polar surface area (TPSA) is 43.4 Å². The maximum absolute atomic E-state index is 11.9. The van der Waals surface area contributed by atoms with Crippen molar-refractivity contribution >= 4 is 11.8 Å². The van der Waals surface area contributed by atoms with Crippen LogP contribution in [0.5, 0.6) is 0 Å². The summed E-state index contributed by atoms with van der Waals surface area (Å²) in [7, 11) is 0. The van der Waals surface area contributed by atoms with Crippen LogP contribution >= 0.6 is 0 Å². The highest BCUT2D eigenvalue weighted by atomic mass is 16.6. The molecule has 3 atom stereocenters. The summed E-state index contributed by atoms with van der Waals surface area (Å²) < 4.78 is 5.59. The number of ketones is 1. The average Bonchev–Trinajstić information content (AvgIpc) is 2.41. The van der Waals surface area contributed by atoms with E-state index in [2.05, 4.69) is 0 Å². The van der Waals surface area contributed by atoms with Crippen molar-refractivity contribution in [3.63, 3.8) is 0 Å². The van der Waals surface area contributed by atoms with Crippen LogP contribution in [0.4, 0.5) is 0 Å². The number of carbonyl (C=O) groups is 2. The maximum Gasteiger partial charge on any atom is 0.320 e. The molecule has 0 spiro atoms. The number of rotatable bonds is 0. The SMILES string of the molecule is CC12C(=O)CC[C@]3(CCCC[C@H]13)OC2=O. The molecule has 3 nitrogen and oxygen atoms in total. The number of ether oxygens (including phenoxy) is 1. The van der Waals surface area contributed by atoms with E-state index in [0.717, 1.165) is 32.1 Å². The van der Waals surface area contributed by atoms with Gasteiger partial charge >= 0.3 is 5.97 Å². The summed E-state index contributed by atoms with van der Waals surface area (Å²) >= 11 is 0. The molecule has 0 aromatic rings. The maximum atomic E-state index is 11.9. The van der Waals surface area contributed by atoms with Gasteiger partial charge in [-0.2, -0.15) is 0 Å². The van der Waals surface area contributed by atoms with Gasteiger partial charge in [-0.15, -0.1) is 0 Å². The van der Waals surface area contributed by atoms with E-state index >= 15 is 0 Å². The van der Waals surface area contributed by atoms with Gasteiger partial charge in [0.05, 0.1) is 0 Å². The van der Waals surface area contributed by atoms with Gasteiger partial charge in [0.15, 0.2) is 0 Å². The molecule has 3 aliphatic rings. The van der Waals surface area contributed by atoms with Crippen LogP contribution in [0.3, 0.4) is 0 Å². The zero-order valence-electron chi connectivity index (χ0n) is 9.04. The Morgan fingerprint density at radius 1 is 1.27 bits per heavy atom. The Kier molecular flexibility index (Phi) is 1.64. The van der Waals surface area contributed by atoms with Crippen LogP contribution in [0.2, 0.25) is 0 Å². The van der Waals surface area contributed by atoms with Gasteiger partial charge in [-0.1, -0.05) is 6.42 Å². The second-order valence-corrected chi connectivity index (χ2v) is 5.38. The molecule has 2 saturated carbocycles. The molecule has 0 aromatic heterocycles. The highest BCUT2D eigenvalue weighted by Gasteiger charge is 2.68. The van der Waals surface area contributed by atoms with Gasteiger partial charge < -0.3 is 4.74 Å². The third kappa shape index (κ3) is 0.918. The first kappa shape index (κ1) is 9.37. The van der Waals surface area contributed by atoms with Crippen LogP contribution in [0.25, 0.3) is 0 Å². The molecule has 82 valence electrons. The Hall–Kier alpha value is -0.860. The van der Waals surface area contributed by atoms with Gasteiger partial charge in [-0.3, -0.25) is 9.59 Å². The monoisotopic (exact) mass is 208 g/mol. The van der Waals surface area contributed by atoms with Crippen molar-refractivity contribution in [2.24, 2.45) is 11.3 Å². The van der Waals surface area contributed by atoms with E-state index in [4.69, 9.17) is 4.74 Å². The third-order valence-corrected chi connectivity index (χ3v) is 4.75. The van der Waals surface area contributed by atoms with Crippen molar-refractivity contribution in [2.45, 2.75) is 51.0 Å². The lowest BCUT2D eigenvalue weighted by Gasteiger charge is -2.43. The summed E-state index contributed by atoms with van der Waals surface area (Å²) in [6.45, 7) is 1.80. The Labute approximate surface area is 89.2 Å². The van der Waals surface area contributed by atoms with E-state index in [-0.39, 0.29) is 23.3 Å². The molecule has 0 radical (unpaired) electrons. The molecule has 0 amide bonds. The minimum absolute atomic E-state index is 0.104. The van der Waals surface area contributed by atoms with Crippen molar-refractivity contribution in [3.8, 4) is 0 Å². The van der Waals surface area contributed by atoms with Gasteiger partial charge in [0, 0.05) is 12.3 Å². The van der Waals surface area contributed by atoms with Crippen molar-refractivity contribution in [2.75, 3.05) is 0 Å². The van der Waals surface area contributed by atoms with E-state index < -0.39 is 5.41 Å². The zero-order chi connectivity index (χ0) is 10.7. The highest BCUT2D eigenvalue weighted by Crippen LogP contribution is 2.58. The summed E-state index contributed by atoms with van der Waals surface area (Å²) in [5.74, 6) is 0.0110. The fourth-order valence-corrected chi connectivity index (χ4v) is 3.82. The van der Waals surface area contributed by atoms with Crippen molar-refractivity contribution in [1.82, 2.24) is 0 Å². The van der Waals surface area contributed by atoms with Gasteiger partial charge in [-0.25, -0.2) is 0 Å². The second kappa shape index (κ2) is 2.63. The number of carbonyl (C=O) groups excluding carboxylic acids is 2. The number of hydrogen-bond acceptors (Lipinski definition) is 3. The van der Waals surface area contributed by atoms with E-state index in [9.17, 15) is 9.59 Å². The summed E-state index contributed by atoms with van der Waals surface area (Å²) in [6, 6.07) is 0. The first-order valence-electron chi connectivity index (χ1n) is 5.86. The molecule has 1 aliphatic heterocycles. The molecule has 3 heteroatoms. The van der Waals surface area contributed by atoms with E-state index in [0.29, 0.717) is 6.42 Å². The minimum Gasteiger partial charge on any atom is -0.458 e. The van der Waals surface area contributed by atoms with Crippen molar-refractivity contribution in [1.29, 1.82) is 0 Å². The van der Waals surface area contributed by atoms with Gasteiger partial charge in [0.2, 0.25) is 0 Å². The smallest absolute Gasteiger partial charge is 0.320 e. The molecule has 3 rings (SSSR count). The molecule has 15 heavy (non-hydrogen) atoms. The number of esters is 1. The Bertz CT molecular complexity index is 349. The third-order valence-electron chi connectivity index (χ3n) is 4.75. The lowest BCUT2D eigenvalue weighted by atomic mass is 9.57. The van der Waals surface area contributed by atoms with Crippen LogP contribution in [0, 0.1) is 11.3 Å². The molecular weight excluding hydrogens is 192 g/mol. The molecular formula is C12H16O3. The summed E-state index contributed by atoms with van der Waals surface area (Å²) in [5.41, 5.74) is -1.07. The van der Waals surface area contributed by atoms with E-state index in [1.807, 2.05) is 0 Å². The van der Waals surface area contributed by atoms with E-state index in [1.54, 1.807) is 6.92 Å². The van der Waals surface area contributed by atoms with Crippen LogP contribution in [0.1, 0.15) is 45.4 Å². The predicted molar refractivity (Wildman–Crippen MR) is 53.1 cm³/mol. The molecule has 2 aliphatic carbocycles. The predicted octanol–water partition coefficient (Wildman–Crippen LogP) is 1.84. The molecule has 1 saturated heterocycles. The molecule has 1 heterocycles. The fraction of sp³-hybridized carbons (Fsp3) is 0.833. The normalized spacial score (nSPS) is 48.7. The number of hydrogen-bond donors (Lipinski definition) is 0. The van der Waals surface area contributed by atoms with Crippen molar-refractivity contribution < 1.29 is 14.3 Å². The Morgan fingerprint density at radius 2 is 2.07 bits per heavy atom. The van der Waals surface area contributed by atoms with Crippen LogP contribution in [0.15, 0.2) is 0 Å². The van der Waals surface area contributed by atoms with Crippen LogP contribution in [-0.2, 0) is 14.3 Å². The van der Waals surface area contributed by atoms with Crippen molar-refractivity contribution in [3.05, 3.63) is 0 Å². The largest absolute Gasteiger partial charge is 0.458 e. The first-order valence-corrected chi connectivity index (χ1v) is 5.86. The average molecular weight is 208 g/mol. The Balaban J connectivity index is 2.11. The first-order chi connectivity index (χ1) is 7.09. The van der Waals surface area contributed by atoms with Crippen LogP contribution in [-0.4, -0.2) is 17.4 Å². The zero-order valence-corrected chi connectivity index (χ0v) is 9.04. The fourth-order valence-electron chi connectivity index (χ4n) is 3.82. The summed E-state index contributed by atoms with van der Waals surface area (Å²) in [6.07, 6.45) is 5.50. The number of Topliss-reactive ketones (excluding diaryl/α,β-unsaturated/α-hetero) is 1. The van der Waals surface area contributed by atoms with E-state index in [1.165, 1.54) is 0 Å². The molecule has 0 N–H and O–H groups in total. The van der Waals surface area contributed by atoms with Gasteiger partial charge in [-0.05, 0) is 32.6 Å². The molecule has 2 bridgehead atoms. The summed E-state index contributed by atoms with van der Waals surface area (Å²) in [4.78, 5) is 23.8. The second-order valence-electron chi connectivity index (χ2n) is 5.38. The minimum atomic E-state index is -0.807. The lowest BCUT2D eigenvalue weighted by molar-refractivity contribution is -0.154. The van der Waals surface area contributed by atoms with Gasteiger partial charge in [0.1, 0.15) is 16.8 Å². The lowest BCUT2D eigenvalue weighted by Crippen LogP contribution is -2.50. The molecule has 1 unspecified atom stereocenters. The summed E-state index contributed by atoms with van der Waals surface area (Å²) in [5, 5.41) is 0. The Morgan fingerprint density at radius 3 is 2.87 bits per heavy atom. The van der Waals surface area contributed by atoms with Crippen LogP contribution < -0.4 is 0 Å². The quantitative estimate of drug-likeness (QED) is 0.450. The standard InChI is InChI=1S/C12H16O3/c1-11-8-4-2-3-6-12(8,15-10(11)14)7-5-9(11)13/h8H,2-7H2,1H3/t8-,11?,12+/m1/s1. The highest BCUT2D eigenvalue weighted by molar-refractivity contribution is 6.06.